The van der Waals surface area contributed by atoms with Gasteiger partial charge in [-0.05, 0) is 18.4 Å². The van der Waals surface area contributed by atoms with E-state index in [0.29, 0.717) is 17.9 Å². The first kappa shape index (κ1) is 9.46. The number of carbonyl (C=O) groups is 1. The summed E-state index contributed by atoms with van der Waals surface area (Å²) in [5.41, 5.74) is 3.91. The van der Waals surface area contributed by atoms with Crippen molar-refractivity contribution < 1.29 is 4.79 Å². The number of hydrogen-bond donors (Lipinski definition) is 0. The molecule has 0 spiro atoms. The summed E-state index contributed by atoms with van der Waals surface area (Å²) in [6.07, 6.45) is 3.92. The van der Waals surface area contributed by atoms with Crippen LogP contribution in [0.4, 0.5) is 0 Å². The largest absolute Gasteiger partial charge is 0.360 e. The first-order valence-corrected chi connectivity index (χ1v) is 6.45. The van der Waals surface area contributed by atoms with Crippen molar-refractivity contribution in [3.63, 3.8) is 0 Å². The molecular formula is C15H15NO. The molecule has 2 heterocycles. The summed E-state index contributed by atoms with van der Waals surface area (Å²) >= 11 is 0. The summed E-state index contributed by atoms with van der Waals surface area (Å²) in [6, 6.07) is 11.8. The third-order valence-corrected chi connectivity index (χ3v) is 4.30. The molecule has 1 aliphatic carbocycles. The third kappa shape index (κ3) is 1.24. The third-order valence-electron chi connectivity index (χ3n) is 4.30. The standard InChI is InChI=1S/C15H15NO/c17-14-8-4-7-12-11(14)9-13-15(16(12)13)10-5-2-1-3-6-10/h1-3,5-6,13,15H,4,7-9H2/t13-,15-,16?/m0/s1. The van der Waals surface area contributed by atoms with Crippen molar-refractivity contribution in [3.05, 3.63) is 47.2 Å². The Hall–Kier alpha value is -1.57. The zero-order chi connectivity index (χ0) is 11.4. The average molecular weight is 225 g/mol. The minimum atomic E-state index is 0.408. The van der Waals surface area contributed by atoms with Crippen molar-refractivity contribution in [1.82, 2.24) is 4.90 Å². The molecule has 2 heteroatoms. The maximum absolute atomic E-state index is 11.8. The molecule has 0 N–H and O–H groups in total. The fourth-order valence-electron chi connectivity index (χ4n) is 3.50. The van der Waals surface area contributed by atoms with Crippen molar-refractivity contribution in [2.45, 2.75) is 37.8 Å². The zero-order valence-corrected chi connectivity index (χ0v) is 9.73. The van der Waals surface area contributed by atoms with Gasteiger partial charge in [-0.25, -0.2) is 0 Å². The highest BCUT2D eigenvalue weighted by molar-refractivity contribution is 5.97. The second-order valence-corrected chi connectivity index (χ2v) is 5.24. The number of nitrogens with zero attached hydrogens (tertiary/aromatic N) is 1. The fraction of sp³-hybridized carbons (Fsp3) is 0.400. The van der Waals surface area contributed by atoms with E-state index in [4.69, 9.17) is 0 Å². The smallest absolute Gasteiger partial charge is 0.160 e. The van der Waals surface area contributed by atoms with Gasteiger partial charge >= 0.3 is 0 Å². The average Bonchev–Trinajstić information content (AvgIpc) is 2.95. The molecule has 2 aliphatic heterocycles. The van der Waals surface area contributed by atoms with E-state index in [9.17, 15) is 4.79 Å². The second-order valence-electron chi connectivity index (χ2n) is 5.24. The van der Waals surface area contributed by atoms with Gasteiger partial charge in [0.15, 0.2) is 5.78 Å². The molecule has 2 atom stereocenters. The molecule has 3 aliphatic rings. The predicted molar refractivity (Wildman–Crippen MR) is 65.3 cm³/mol. The Kier molecular flexibility index (Phi) is 1.79. The van der Waals surface area contributed by atoms with Crippen molar-refractivity contribution in [2.24, 2.45) is 0 Å². The van der Waals surface area contributed by atoms with Crippen molar-refractivity contribution >= 4 is 5.78 Å². The van der Waals surface area contributed by atoms with E-state index in [1.807, 2.05) is 0 Å². The van der Waals surface area contributed by atoms with E-state index in [0.717, 1.165) is 31.3 Å². The van der Waals surface area contributed by atoms with Crippen LogP contribution in [0.5, 0.6) is 0 Å². The van der Waals surface area contributed by atoms with E-state index in [1.54, 1.807) is 0 Å². The summed E-state index contributed by atoms with van der Waals surface area (Å²) in [7, 11) is 0. The highest BCUT2D eigenvalue weighted by Gasteiger charge is 2.55. The zero-order valence-electron chi connectivity index (χ0n) is 9.73. The van der Waals surface area contributed by atoms with Crippen LogP contribution >= 0.6 is 0 Å². The van der Waals surface area contributed by atoms with E-state index in [1.165, 1.54) is 11.3 Å². The summed E-state index contributed by atoms with van der Waals surface area (Å²) in [4.78, 5) is 14.3. The van der Waals surface area contributed by atoms with Gasteiger partial charge in [-0.15, -0.1) is 0 Å². The number of ketones is 1. The van der Waals surface area contributed by atoms with Crippen LogP contribution in [0.2, 0.25) is 0 Å². The predicted octanol–water partition coefficient (Wildman–Crippen LogP) is 2.82. The van der Waals surface area contributed by atoms with Gasteiger partial charge in [-0.1, -0.05) is 30.3 Å². The van der Waals surface area contributed by atoms with Gasteiger partial charge in [-0.3, -0.25) is 4.79 Å². The highest BCUT2D eigenvalue weighted by atomic mass is 16.1. The van der Waals surface area contributed by atoms with Gasteiger partial charge in [0, 0.05) is 24.1 Å². The molecule has 1 fully saturated rings. The van der Waals surface area contributed by atoms with Gasteiger partial charge in [0.25, 0.3) is 0 Å². The number of carbonyl (C=O) groups excluding carboxylic acids is 1. The lowest BCUT2D eigenvalue weighted by atomic mass is 9.91. The molecule has 17 heavy (non-hydrogen) atoms. The molecule has 86 valence electrons. The van der Waals surface area contributed by atoms with Crippen LogP contribution in [0.15, 0.2) is 41.6 Å². The van der Waals surface area contributed by atoms with Crippen molar-refractivity contribution in [3.8, 4) is 0 Å². The van der Waals surface area contributed by atoms with Gasteiger partial charge in [-0.2, -0.15) is 0 Å². The first-order valence-electron chi connectivity index (χ1n) is 6.45. The van der Waals surface area contributed by atoms with Crippen molar-refractivity contribution in [2.75, 3.05) is 0 Å². The van der Waals surface area contributed by atoms with Crippen LogP contribution in [0.25, 0.3) is 0 Å². The Labute approximate surface area is 101 Å². The first-order chi connectivity index (χ1) is 8.36. The van der Waals surface area contributed by atoms with Gasteiger partial charge in [0.05, 0.1) is 12.1 Å². The lowest BCUT2D eigenvalue weighted by molar-refractivity contribution is -0.116. The Morgan fingerprint density at radius 3 is 2.76 bits per heavy atom. The lowest BCUT2D eigenvalue weighted by Crippen LogP contribution is -2.13. The number of rotatable bonds is 1. The Morgan fingerprint density at radius 1 is 1.12 bits per heavy atom. The maximum Gasteiger partial charge on any atom is 0.160 e. The summed E-state index contributed by atoms with van der Waals surface area (Å²) in [5.74, 6) is 0.408. The van der Waals surface area contributed by atoms with Gasteiger partial charge < -0.3 is 4.90 Å². The topological polar surface area (TPSA) is 20.1 Å². The Bertz CT molecular complexity index is 517. The van der Waals surface area contributed by atoms with E-state index in [2.05, 4.69) is 35.2 Å². The van der Waals surface area contributed by atoms with Crippen LogP contribution in [-0.4, -0.2) is 16.7 Å². The van der Waals surface area contributed by atoms with Crippen molar-refractivity contribution in [1.29, 1.82) is 0 Å². The molecule has 2 nitrogen and oxygen atoms in total. The molecule has 1 saturated heterocycles. The van der Waals surface area contributed by atoms with Crippen LogP contribution in [0.1, 0.15) is 37.3 Å². The van der Waals surface area contributed by atoms with Gasteiger partial charge in [0.1, 0.15) is 0 Å². The minimum absolute atomic E-state index is 0.408. The van der Waals surface area contributed by atoms with E-state index in [-0.39, 0.29) is 0 Å². The maximum atomic E-state index is 11.8. The van der Waals surface area contributed by atoms with Crippen LogP contribution < -0.4 is 0 Å². The minimum Gasteiger partial charge on any atom is -0.360 e. The normalized spacial score (nSPS) is 30.4. The lowest BCUT2D eigenvalue weighted by Gasteiger charge is -2.17. The Balaban J connectivity index is 1.66. The van der Waals surface area contributed by atoms with Gasteiger partial charge in [0.2, 0.25) is 0 Å². The molecule has 0 amide bonds. The highest BCUT2D eigenvalue weighted by Crippen LogP contribution is 2.57. The summed E-state index contributed by atoms with van der Waals surface area (Å²) < 4.78 is 0. The SMILES string of the molecule is O=C1CCCC2=C1C[C@H]1[C@H](c3ccccc3)N21. The molecule has 1 aromatic rings. The van der Waals surface area contributed by atoms with E-state index >= 15 is 0 Å². The fourth-order valence-corrected chi connectivity index (χ4v) is 3.50. The quantitative estimate of drug-likeness (QED) is 0.685. The number of Topliss-reactive ketones (excluding diaryl/α,β-unsaturated/α-hetero) is 1. The molecule has 0 saturated carbocycles. The monoisotopic (exact) mass is 225 g/mol. The summed E-state index contributed by atoms with van der Waals surface area (Å²) in [5, 5.41) is 0. The molecule has 0 radical (unpaired) electrons. The van der Waals surface area contributed by atoms with E-state index < -0.39 is 0 Å². The Morgan fingerprint density at radius 2 is 1.94 bits per heavy atom. The van der Waals surface area contributed by atoms with Crippen LogP contribution in [0.3, 0.4) is 0 Å². The number of allylic oxidation sites excluding steroid dienone is 1. The van der Waals surface area contributed by atoms with Crippen LogP contribution in [0, 0.1) is 0 Å². The molecule has 0 unspecified atom stereocenters. The number of hydrogen-bond acceptors (Lipinski definition) is 2. The van der Waals surface area contributed by atoms with Crippen LogP contribution in [-0.2, 0) is 4.79 Å². The second kappa shape index (κ2) is 3.22. The molecular weight excluding hydrogens is 210 g/mol. The molecule has 1 aromatic carbocycles. The number of fused-ring (bicyclic) bond motifs is 2. The molecule has 0 aromatic heterocycles. The number of benzene rings is 1. The molecule has 0 bridgehead atoms. The molecule has 4 rings (SSSR count). The summed E-state index contributed by atoms with van der Waals surface area (Å²) in [6.45, 7) is 0.